The molecule has 0 radical (unpaired) electrons. The molecule has 0 heterocycles. The molecule has 0 fully saturated rings. The van der Waals surface area contributed by atoms with E-state index in [2.05, 4.69) is 19.2 Å². The van der Waals surface area contributed by atoms with Crippen molar-refractivity contribution in [2.24, 2.45) is 11.7 Å². The molecular formula is C13H18Cl2N2O. The van der Waals surface area contributed by atoms with Gasteiger partial charge in [0, 0.05) is 10.0 Å². The van der Waals surface area contributed by atoms with Gasteiger partial charge < -0.3 is 5.73 Å². The number of hydrogen-bond acceptors (Lipinski definition) is 2. The van der Waals surface area contributed by atoms with Crippen LogP contribution in [-0.4, -0.2) is 12.5 Å². The summed E-state index contributed by atoms with van der Waals surface area (Å²) < 4.78 is 0. The molecule has 1 amide bonds. The first-order chi connectivity index (χ1) is 8.27. The van der Waals surface area contributed by atoms with Crippen LogP contribution < -0.4 is 11.1 Å². The molecule has 0 aliphatic heterocycles. The standard InChI is InChI=1S/C13H18Cl2N2O/c1-8(2)7-17-13(3,12(16)18)10-5-4-9(14)6-11(10)15/h4-6,8,17H,7H2,1-3H3,(H2,16,18). The molecule has 5 heteroatoms. The van der Waals surface area contributed by atoms with Gasteiger partial charge in [-0.2, -0.15) is 0 Å². The summed E-state index contributed by atoms with van der Waals surface area (Å²) in [6.45, 7) is 6.50. The number of carbonyl (C=O) groups excluding carboxylic acids is 1. The Bertz CT molecular complexity index is 449. The third-order valence-electron chi connectivity index (χ3n) is 2.83. The van der Waals surface area contributed by atoms with Gasteiger partial charge in [-0.15, -0.1) is 0 Å². The summed E-state index contributed by atoms with van der Waals surface area (Å²) in [7, 11) is 0. The highest BCUT2D eigenvalue weighted by molar-refractivity contribution is 6.35. The third-order valence-corrected chi connectivity index (χ3v) is 3.37. The molecule has 3 N–H and O–H groups in total. The minimum absolute atomic E-state index is 0.398. The van der Waals surface area contributed by atoms with Crippen LogP contribution in [0.25, 0.3) is 0 Å². The Morgan fingerprint density at radius 1 is 1.44 bits per heavy atom. The van der Waals surface area contributed by atoms with E-state index in [1.165, 1.54) is 0 Å². The van der Waals surface area contributed by atoms with E-state index in [0.29, 0.717) is 28.1 Å². The molecule has 0 aromatic heterocycles. The summed E-state index contributed by atoms with van der Waals surface area (Å²) >= 11 is 12.0. The quantitative estimate of drug-likeness (QED) is 0.875. The molecule has 1 aromatic carbocycles. The number of benzene rings is 1. The zero-order valence-electron chi connectivity index (χ0n) is 10.8. The van der Waals surface area contributed by atoms with Crippen LogP contribution in [-0.2, 0) is 10.3 Å². The summed E-state index contributed by atoms with van der Waals surface area (Å²) in [6, 6.07) is 5.03. The molecule has 0 aliphatic carbocycles. The maximum Gasteiger partial charge on any atom is 0.242 e. The topological polar surface area (TPSA) is 55.1 Å². The molecule has 18 heavy (non-hydrogen) atoms. The third kappa shape index (κ3) is 3.37. The van der Waals surface area contributed by atoms with Gasteiger partial charge in [0.05, 0.1) is 0 Å². The largest absolute Gasteiger partial charge is 0.368 e. The van der Waals surface area contributed by atoms with Gasteiger partial charge in [0.2, 0.25) is 5.91 Å². The van der Waals surface area contributed by atoms with Gasteiger partial charge in [-0.3, -0.25) is 10.1 Å². The molecule has 1 aromatic rings. The Morgan fingerprint density at radius 3 is 2.50 bits per heavy atom. The fraction of sp³-hybridized carbons (Fsp3) is 0.462. The number of nitrogens with one attached hydrogen (secondary N) is 1. The van der Waals surface area contributed by atoms with Crippen molar-refractivity contribution in [2.45, 2.75) is 26.3 Å². The van der Waals surface area contributed by atoms with E-state index in [0.717, 1.165) is 0 Å². The Labute approximate surface area is 118 Å². The fourth-order valence-corrected chi connectivity index (χ4v) is 2.22. The van der Waals surface area contributed by atoms with Gasteiger partial charge in [0.15, 0.2) is 0 Å². The molecule has 0 saturated heterocycles. The molecule has 3 nitrogen and oxygen atoms in total. The predicted octanol–water partition coefficient (Wildman–Crippen LogP) is 2.94. The van der Waals surface area contributed by atoms with E-state index >= 15 is 0 Å². The van der Waals surface area contributed by atoms with Crippen LogP contribution in [0.2, 0.25) is 10.0 Å². The number of halogens is 2. The molecule has 1 rings (SSSR count). The van der Waals surface area contributed by atoms with Crippen molar-refractivity contribution in [3.8, 4) is 0 Å². The summed E-state index contributed by atoms with van der Waals surface area (Å²) in [5, 5.41) is 4.13. The number of nitrogens with two attached hydrogens (primary N) is 1. The van der Waals surface area contributed by atoms with Crippen LogP contribution in [0.15, 0.2) is 18.2 Å². The van der Waals surface area contributed by atoms with Gasteiger partial charge in [-0.1, -0.05) is 43.1 Å². The van der Waals surface area contributed by atoms with Crippen LogP contribution in [0.3, 0.4) is 0 Å². The number of hydrogen-bond donors (Lipinski definition) is 2. The van der Waals surface area contributed by atoms with Gasteiger partial charge in [0.25, 0.3) is 0 Å². The Hall–Kier alpha value is -0.770. The van der Waals surface area contributed by atoms with E-state index in [9.17, 15) is 4.79 Å². The number of rotatable bonds is 5. The molecule has 1 unspecified atom stereocenters. The lowest BCUT2D eigenvalue weighted by atomic mass is 9.90. The molecule has 0 bridgehead atoms. The first kappa shape index (κ1) is 15.3. The van der Waals surface area contributed by atoms with Crippen LogP contribution in [0.4, 0.5) is 0 Å². The maximum atomic E-state index is 11.7. The second-order valence-electron chi connectivity index (χ2n) is 4.89. The monoisotopic (exact) mass is 288 g/mol. The van der Waals surface area contributed by atoms with Crippen molar-refractivity contribution in [2.75, 3.05) is 6.54 Å². The highest BCUT2D eigenvalue weighted by atomic mass is 35.5. The average molecular weight is 289 g/mol. The summed E-state index contributed by atoms with van der Waals surface area (Å²) in [5.74, 6) is -0.0675. The smallest absolute Gasteiger partial charge is 0.242 e. The Balaban J connectivity index is 3.14. The zero-order valence-corrected chi connectivity index (χ0v) is 12.3. The first-order valence-corrected chi connectivity index (χ1v) is 6.53. The first-order valence-electron chi connectivity index (χ1n) is 5.78. The van der Waals surface area contributed by atoms with Crippen molar-refractivity contribution in [1.82, 2.24) is 5.32 Å². The predicted molar refractivity (Wildman–Crippen MR) is 75.8 cm³/mol. The van der Waals surface area contributed by atoms with E-state index in [1.807, 2.05) is 0 Å². The zero-order chi connectivity index (χ0) is 13.9. The van der Waals surface area contributed by atoms with Crippen LogP contribution >= 0.6 is 23.2 Å². The van der Waals surface area contributed by atoms with Gasteiger partial charge in [0.1, 0.15) is 5.54 Å². The van der Waals surface area contributed by atoms with E-state index < -0.39 is 11.4 Å². The van der Waals surface area contributed by atoms with Crippen LogP contribution in [0.5, 0.6) is 0 Å². The minimum Gasteiger partial charge on any atom is -0.368 e. The van der Waals surface area contributed by atoms with Crippen molar-refractivity contribution in [3.63, 3.8) is 0 Å². The lowest BCUT2D eigenvalue weighted by Crippen LogP contribution is -2.51. The normalized spacial score (nSPS) is 14.6. The lowest BCUT2D eigenvalue weighted by Gasteiger charge is -2.30. The molecule has 100 valence electrons. The second kappa shape index (κ2) is 5.91. The maximum absolute atomic E-state index is 11.7. The highest BCUT2D eigenvalue weighted by Crippen LogP contribution is 2.30. The summed E-state index contributed by atoms with van der Waals surface area (Å²) in [6.07, 6.45) is 0. The number of amides is 1. The van der Waals surface area contributed by atoms with E-state index in [1.54, 1.807) is 25.1 Å². The SMILES string of the molecule is CC(C)CNC(C)(C(N)=O)c1ccc(Cl)cc1Cl. The number of carbonyl (C=O) groups is 1. The molecular weight excluding hydrogens is 271 g/mol. The van der Waals surface area contributed by atoms with Crippen molar-refractivity contribution in [3.05, 3.63) is 33.8 Å². The summed E-state index contributed by atoms with van der Waals surface area (Å²) in [4.78, 5) is 11.7. The summed E-state index contributed by atoms with van der Waals surface area (Å²) in [5.41, 5.74) is 5.15. The van der Waals surface area contributed by atoms with Crippen molar-refractivity contribution >= 4 is 29.1 Å². The van der Waals surface area contributed by atoms with Gasteiger partial charge in [-0.25, -0.2) is 0 Å². The van der Waals surface area contributed by atoms with Crippen molar-refractivity contribution in [1.29, 1.82) is 0 Å². The van der Waals surface area contributed by atoms with Gasteiger partial charge >= 0.3 is 0 Å². The average Bonchev–Trinajstić information content (AvgIpc) is 2.25. The molecule has 1 atom stereocenters. The van der Waals surface area contributed by atoms with Crippen LogP contribution in [0, 0.1) is 5.92 Å². The van der Waals surface area contributed by atoms with Crippen molar-refractivity contribution < 1.29 is 4.79 Å². The molecule has 0 aliphatic rings. The van der Waals surface area contributed by atoms with Crippen LogP contribution in [0.1, 0.15) is 26.3 Å². The highest BCUT2D eigenvalue weighted by Gasteiger charge is 2.34. The van der Waals surface area contributed by atoms with E-state index in [4.69, 9.17) is 28.9 Å². The lowest BCUT2D eigenvalue weighted by molar-refractivity contribution is -0.124. The van der Waals surface area contributed by atoms with Gasteiger partial charge in [-0.05, 0) is 37.1 Å². The Kier molecular flexibility index (Phi) is 5.02. The molecule has 0 spiro atoms. The molecule has 0 saturated carbocycles. The van der Waals surface area contributed by atoms with E-state index in [-0.39, 0.29) is 0 Å². The number of primary amides is 1. The minimum atomic E-state index is -0.994. The fourth-order valence-electron chi connectivity index (χ4n) is 1.62. The Morgan fingerprint density at radius 2 is 2.06 bits per heavy atom. The second-order valence-corrected chi connectivity index (χ2v) is 5.73.